The second kappa shape index (κ2) is 4.47. The fourth-order valence-corrected chi connectivity index (χ4v) is 4.37. The summed E-state index contributed by atoms with van der Waals surface area (Å²) in [7, 11) is 0. The van der Waals surface area contributed by atoms with E-state index in [0.717, 1.165) is 35.5 Å². The van der Waals surface area contributed by atoms with Gasteiger partial charge in [0.2, 0.25) is 0 Å². The van der Waals surface area contributed by atoms with Gasteiger partial charge in [-0.05, 0) is 54.8 Å². The molecule has 0 spiro atoms. The molecule has 0 N–H and O–H groups in total. The average Bonchev–Trinajstić information content (AvgIpc) is 2.41. The number of hydrogen-bond acceptors (Lipinski definition) is 0. The first-order valence-corrected chi connectivity index (χ1v) is 7.09. The summed E-state index contributed by atoms with van der Waals surface area (Å²) >= 11 is 0. The van der Waals surface area contributed by atoms with Crippen LogP contribution >= 0.6 is 0 Å². The molecule has 0 radical (unpaired) electrons. The monoisotopic (exact) mass is 208 g/mol. The molecule has 2 aliphatic carbocycles. The molecule has 2 saturated carbocycles. The van der Waals surface area contributed by atoms with Gasteiger partial charge >= 0.3 is 0 Å². The topological polar surface area (TPSA) is 0 Å². The highest BCUT2D eigenvalue weighted by atomic mass is 14.5. The van der Waals surface area contributed by atoms with Crippen LogP contribution in [0, 0.1) is 35.5 Å². The van der Waals surface area contributed by atoms with E-state index in [4.69, 9.17) is 0 Å². The Bertz CT molecular complexity index is 206. The first-order valence-electron chi connectivity index (χ1n) is 7.09. The summed E-state index contributed by atoms with van der Waals surface area (Å²) < 4.78 is 0. The molecule has 88 valence electrons. The zero-order chi connectivity index (χ0) is 11.0. The molecule has 15 heavy (non-hydrogen) atoms. The summed E-state index contributed by atoms with van der Waals surface area (Å²) in [4.78, 5) is 0. The molecule has 0 aliphatic heterocycles. The lowest BCUT2D eigenvalue weighted by Gasteiger charge is -2.26. The van der Waals surface area contributed by atoms with E-state index < -0.39 is 0 Å². The quantitative estimate of drug-likeness (QED) is 0.584. The molecule has 0 aromatic rings. The predicted octanol–water partition coefficient (Wildman–Crippen LogP) is 4.74. The standard InChI is InChI=1S/C15H28/c1-10(2)13-6-5-7-14-11(3)8-12(4)15(14)9-13/h10-15H,5-9H2,1-4H3. The van der Waals surface area contributed by atoms with Gasteiger partial charge in [-0.1, -0.05) is 40.5 Å². The molecule has 0 saturated heterocycles. The Balaban J connectivity index is 2.07. The SMILES string of the molecule is CC(C)C1CCCC2C(C)CC(C)C2C1. The van der Waals surface area contributed by atoms with Crippen molar-refractivity contribution in [1.82, 2.24) is 0 Å². The van der Waals surface area contributed by atoms with Crippen LogP contribution in [0.5, 0.6) is 0 Å². The van der Waals surface area contributed by atoms with Gasteiger partial charge < -0.3 is 0 Å². The lowest BCUT2D eigenvalue weighted by Crippen LogP contribution is -2.18. The van der Waals surface area contributed by atoms with Crippen LogP contribution < -0.4 is 0 Å². The van der Waals surface area contributed by atoms with E-state index in [0.29, 0.717) is 0 Å². The van der Waals surface area contributed by atoms with Gasteiger partial charge in [0, 0.05) is 0 Å². The molecule has 2 fully saturated rings. The maximum absolute atomic E-state index is 2.50. The molecule has 0 aromatic heterocycles. The van der Waals surface area contributed by atoms with E-state index in [2.05, 4.69) is 27.7 Å². The van der Waals surface area contributed by atoms with Gasteiger partial charge in [0.15, 0.2) is 0 Å². The van der Waals surface area contributed by atoms with Gasteiger partial charge in [-0.2, -0.15) is 0 Å². The number of fused-ring (bicyclic) bond motifs is 1. The third kappa shape index (κ3) is 2.24. The van der Waals surface area contributed by atoms with E-state index in [1.165, 1.54) is 32.1 Å². The molecule has 0 bridgehead atoms. The average molecular weight is 208 g/mol. The van der Waals surface area contributed by atoms with Gasteiger partial charge in [0.05, 0.1) is 0 Å². The van der Waals surface area contributed by atoms with Crippen LogP contribution in [-0.4, -0.2) is 0 Å². The maximum atomic E-state index is 2.50. The highest BCUT2D eigenvalue weighted by Gasteiger charge is 2.40. The summed E-state index contributed by atoms with van der Waals surface area (Å²) in [5.41, 5.74) is 0. The minimum absolute atomic E-state index is 0.909. The van der Waals surface area contributed by atoms with E-state index in [1.807, 2.05) is 0 Å². The molecule has 0 aromatic carbocycles. The van der Waals surface area contributed by atoms with Crippen molar-refractivity contribution in [2.75, 3.05) is 0 Å². The van der Waals surface area contributed by atoms with E-state index in [9.17, 15) is 0 Å². The highest BCUT2D eigenvalue weighted by molar-refractivity contribution is 4.90. The first kappa shape index (κ1) is 11.5. The van der Waals surface area contributed by atoms with Gasteiger partial charge in [-0.15, -0.1) is 0 Å². The van der Waals surface area contributed by atoms with Crippen molar-refractivity contribution in [1.29, 1.82) is 0 Å². The lowest BCUT2D eigenvalue weighted by atomic mass is 9.79. The van der Waals surface area contributed by atoms with Crippen LogP contribution in [0.4, 0.5) is 0 Å². The van der Waals surface area contributed by atoms with Crippen molar-refractivity contribution < 1.29 is 0 Å². The maximum Gasteiger partial charge on any atom is -0.0355 e. The Labute approximate surface area is 95.8 Å². The third-order valence-electron chi connectivity index (χ3n) is 5.39. The van der Waals surface area contributed by atoms with Crippen molar-refractivity contribution in [3.63, 3.8) is 0 Å². The zero-order valence-electron chi connectivity index (χ0n) is 11.0. The molecule has 0 nitrogen and oxygen atoms in total. The van der Waals surface area contributed by atoms with Gasteiger partial charge in [0.1, 0.15) is 0 Å². The van der Waals surface area contributed by atoms with Gasteiger partial charge in [-0.3, -0.25) is 0 Å². The second-order valence-electron chi connectivity index (χ2n) is 6.69. The summed E-state index contributed by atoms with van der Waals surface area (Å²) in [6, 6.07) is 0. The second-order valence-corrected chi connectivity index (χ2v) is 6.69. The lowest BCUT2D eigenvalue weighted by molar-refractivity contribution is 0.233. The Morgan fingerprint density at radius 2 is 1.53 bits per heavy atom. The normalized spacial score (nSPS) is 46.6. The van der Waals surface area contributed by atoms with Crippen LogP contribution in [0.25, 0.3) is 0 Å². The molecular formula is C15H28. The molecule has 2 rings (SSSR count). The predicted molar refractivity (Wildman–Crippen MR) is 66.7 cm³/mol. The molecule has 5 unspecified atom stereocenters. The van der Waals surface area contributed by atoms with Crippen LogP contribution in [0.2, 0.25) is 0 Å². The van der Waals surface area contributed by atoms with Crippen LogP contribution in [0.3, 0.4) is 0 Å². The minimum atomic E-state index is 0.909. The van der Waals surface area contributed by atoms with Crippen LogP contribution in [0.1, 0.15) is 59.8 Å². The molecule has 0 heteroatoms. The molecule has 0 heterocycles. The highest BCUT2D eigenvalue weighted by Crippen LogP contribution is 2.50. The van der Waals surface area contributed by atoms with Crippen molar-refractivity contribution in [2.45, 2.75) is 59.8 Å². The van der Waals surface area contributed by atoms with E-state index in [-0.39, 0.29) is 0 Å². The van der Waals surface area contributed by atoms with Gasteiger partial charge in [0.25, 0.3) is 0 Å². The van der Waals surface area contributed by atoms with Crippen LogP contribution in [-0.2, 0) is 0 Å². The largest absolute Gasteiger partial charge is 0.0625 e. The molecule has 5 atom stereocenters. The number of rotatable bonds is 1. The summed E-state index contributed by atoms with van der Waals surface area (Å²) in [5, 5.41) is 0. The third-order valence-corrected chi connectivity index (χ3v) is 5.39. The molecule has 0 amide bonds. The Kier molecular flexibility index (Phi) is 3.42. The first-order chi connectivity index (χ1) is 7.09. The van der Waals surface area contributed by atoms with Crippen molar-refractivity contribution >= 4 is 0 Å². The molecular weight excluding hydrogens is 180 g/mol. The smallest absolute Gasteiger partial charge is 0.0355 e. The fraction of sp³-hybridized carbons (Fsp3) is 1.00. The van der Waals surface area contributed by atoms with Crippen molar-refractivity contribution in [3.05, 3.63) is 0 Å². The van der Waals surface area contributed by atoms with Crippen molar-refractivity contribution in [2.24, 2.45) is 35.5 Å². The van der Waals surface area contributed by atoms with Gasteiger partial charge in [-0.25, -0.2) is 0 Å². The number of hydrogen-bond donors (Lipinski definition) is 0. The summed E-state index contributed by atoms with van der Waals surface area (Å²) in [6.07, 6.45) is 7.57. The van der Waals surface area contributed by atoms with Crippen molar-refractivity contribution in [3.8, 4) is 0 Å². The Hall–Kier alpha value is 0. The molecule has 2 aliphatic rings. The van der Waals surface area contributed by atoms with E-state index >= 15 is 0 Å². The summed E-state index contributed by atoms with van der Waals surface area (Å²) in [5.74, 6) is 6.08. The Morgan fingerprint density at radius 1 is 0.867 bits per heavy atom. The Morgan fingerprint density at radius 3 is 2.20 bits per heavy atom. The van der Waals surface area contributed by atoms with Crippen LogP contribution in [0.15, 0.2) is 0 Å². The van der Waals surface area contributed by atoms with E-state index in [1.54, 1.807) is 0 Å². The zero-order valence-corrected chi connectivity index (χ0v) is 11.0. The summed E-state index contributed by atoms with van der Waals surface area (Å²) in [6.45, 7) is 9.85. The minimum Gasteiger partial charge on any atom is -0.0625 e. The fourth-order valence-electron chi connectivity index (χ4n) is 4.37.